The zero-order chi connectivity index (χ0) is 8.72. The van der Waals surface area contributed by atoms with Crippen LogP contribution < -0.4 is 0 Å². The summed E-state index contributed by atoms with van der Waals surface area (Å²) in [5, 5.41) is -0.359. The van der Waals surface area contributed by atoms with Crippen molar-refractivity contribution in [1.29, 1.82) is 0 Å². The number of halogens is 1. The van der Waals surface area contributed by atoms with E-state index in [1.807, 2.05) is 31.2 Å². The second-order valence-corrected chi connectivity index (χ2v) is 3.61. The monoisotopic (exact) mass is 180 g/mol. The number of carbonyl (C=O) groups excluding carboxylic acids is 1. The number of fused-ring (bicyclic) bond motifs is 1. The van der Waals surface area contributed by atoms with Gasteiger partial charge in [-0.2, -0.15) is 0 Å². The quantitative estimate of drug-likeness (QED) is 0.561. The molecule has 0 aromatic heterocycles. The van der Waals surface area contributed by atoms with Crippen molar-refractivity contribution in [2.45, 2.75) is 18.2 Å². The first kappa shape index (κ1) is 7.81. The highest BCUT2D eigenvalue weighted by Gasteiger charge is 2.34. The molecule has 0 heterocycles. The standard InChI is InChI=1S/C10H9ClO/c1-6-7-4-2-3-5-8(7)10(12)9(6)11/h2-6,9H,1H3. The zero-order valence-electron chi connectivity index (χ0n) is 6.75. The summed E-state index contributed by atoms with van der Waals surface area (Å²) in [6.45, 7) is 1.99. The molecule has 2 rings (SSSR count). The van der Waals surface area contributed by atoms with Gasteiger partial charge < -0.3 is 0 Å². The van der Waals surface area contributed by atoms with Crippen molar-refractivity contribution in [2.24, 2.45) is 0 Å². The third kappa shape index (κ3) is 0.896. The molecule has 2 unspecified atom stereocenters. The second kappa shape index (κ2) is 2.60. The van der Waals surface area contributed by atoms with Gasteiger partial charge in [-0.25, -0.2) is 0 Å². The van der Waals surface area contributed by atoms with Gasteiger partial charge in [0.15, 0.2) is 5.78 Å². The Morgan fingerprint density at radius 1 is 1.33 bits per heavy atom. The molecular formula is C10H9ClO. The minimum atomic E-state index is -0.359. The summed E-state index contributed by atoms with van der Waals surface area (Å²) in [6, 6.07) is 7.63. The molecule has 1 aliphatic rings. The number of Topliss-reactive ketones (excluding diaryl/α,β-unsaturated/α-hetero) is 1. The average Bonchev–Trinajstić information content (AvgIpc) is 2.33. The SMILES string of the molecule is CC1c2ccccc2C(=O)C1Cl. The average molecular weight is 181 g/mol. The van der Waals surface area contributed by atoms with Crippen LogP contribution in [-0.4, -0.2) is 11.2 Å². The molecule has 0 bridgehead atoms. The molecule has 12 heavy (non-hydrogen) atoms. The fourth-order valence-electron chi connectivity index (χ4n) is 1.65. The van der Waals surface area contributed by atoms with Gasteiger partial charge in [0.1, 0.15) is 5.38 Å². The summed E-state index contributed by atoms with van der Waals surface area (Å²) < 4.78 is 0. The van der Waals surface area contributed by atoms with Crippen LogP contribution in [0.5, 0.6) is 0 Å². The van der Waals surface area contributed by atoms with Gasteiger partial charge in [-0.1, -0.05) is 31.2 Å². The van der Waals surface area contributed by atoms with Gasteiger partial charge >= 0.3 is 0 Å². The van der Waals surface area contributed by atoms with Gasteiger partial charge in [-0.3, -0.25) is 4.79 Å². The molecule has 1 aromatic carbocycles. The van der Waals surface area contributed by atoms with E-state index in [0.717, 1.165) is 11.1 Å². The van der Waals surface area contributed by atoms with E-state index in [1.165, 1.54) is 0 Å². The van der Waals surface area contributed by atoms with E-state index < -0.39 is 0 Å². The minimum absolute atomic E-state index is 0.0692. The lowest BCUT2D eigenvalue weighted by Crippen LogP contribution is -2.10. The molecule has 1 nitrogen and oxygen atoms in total. The molecule has 2 atom stereocenters. The Morgan fingerprint density at radius 2 is 2.00 bits per heavy atom. The van der Waals surface area contributed by atoms with Crippen molar-refractivity contribution >= 4 is 17.4 Å². The Morgan fingerprint density at radius 3 is 2.67 bits per heavy atom. The van der Waals surface area contributed by atoms with Crippen molar-refractivity contribution in [1.82, 2.24) is 0 Å². The summed E-state index contributed by atoms with van der Waals surface area (Å²) >= 11 is 5.93. The van der Waals surface area contributed by atoms with Crippen molar-refractivity contribution in [3.8, 4) is 0 Å². The fraction of sp³-hybridized carbons (Fsp3) is 0.300. The molecule has 2 heteroatoms. The van der Waals surface area contributed by atoms with E-state index >= 15 is 0 Å². The highest BCUT2D eigenvalue weighted by Crippen LogP contribution is 2.35. The van der Waals surface area contributed by atoms with Crippen LogP contribution in [0.4, 0.5) is 0 Å². The molecule has 62 valence electrons. The van der Waals surface area contributed by atoms with Gasteiger partial charge in [0, 0.05) is 11.5 Å². The number of alkyl halides is 1. The van der Waals surface area contributed by atoms with Crippen LogP contribution in [0.3, 0.4) is 0 Å². The van der Waals surface area contributed by atoms with Crippen molar-refractivity contribution in [2.75, 3.05) is 0 Å². The first-order chi connectivity index (χ1) is 5.72. The maximum Gasteiger partial charge on any atom is 0.181 e. The van der Waals surface area contributed by atoms with Crippen molar-refractivity contribution in [3.63, 3.8) is 0 Å². The van der Waals surface area contributed by atoms with Crippen LogP contribution in [0.1, 0.15) is 28.8 Å². The van der Waals surface area contributed by atoms with E-state index in [4.69, 9.17) is 11.6 Å². The first-order valence-corrected chi connectivity index (χ1v) is 4.42. The lowest BCUT2D eigenvalue weighted by Gasteiger charge is -2.04. The molecular weight excluding hydrogens is 172 g/mol. The molecule has 0 amide bonds. The summed E-state index contributed by atoms with van der Waals surface area (Å²) in [4.78, 5) is 11.5. The van der Waals surface area contributed by atoms with Gasteiger partial charge in [-0.15, -0.1) is 11.6 Å². The topological polar surface area (TPSA) is 17.1 Å². The van der Waals surface area contributed by atoms with Crippen LogP contribution in [-0.2, 0) is 0 Å². The normalized spacial score (nSPS) is 27.3. The van der Waals surface area contributed by atoms with Gasteiger partial charge in [0.05, 0.1) is 0 Å². The summed E-state index contributed by atoms with van der Waals surface area (Å²) in [5.41, 5.74) is 1.88. The lowest BCUT2D eigenvalue weighted by atomic mass is 10.0. The number of hydrogen-bond donors (Lipinski definition) is 0. The predicted octanol–water partition coefficient (Wildman–Crippen LogP) is 2.59. The molecule has 0 aliphatic heterocycles. The van der Waals surface area contributed by atoms with Gasteiger partial charge in [0.25, 0.3) is 0 Å². The predicted molar refractivity (Wildman–Crippen MR) is 48.8 cm³/mol. The maximum atomic E-state index is 11.5. The van der Waals surface area contributed by atoms with Gasteiger partial charge in [-0.05, 0) is 5.56 Å². The Hall–Kier alpha value is -0.820. The molecule has 0 fully saturated rings. The van der Waals surface area contributed by atoms with E-state index in [2.05, 4.69) is 0 Å². The van der Waals surface area contributed by atoms with E-state index in [1.54, 1.807) is 0 Å². The number of hydrogen-bond acceptors (Lipinski definition) is 1. The largest absolute Gasteiger partial charge is 0.292 e. The summed E-state index contributed by atoms with van der Waals surface area (Å²) in [7, 11) is 0. The van der Waals surface area contributed by atoms with Crippen LogP contribution in [0.2, 0.25) is 0 Å². The molecule has 0 radical (unpaired) electrons. The molecule has 1 aromatic rings. The third-order valence-electron chi connectivity index (χ3n) is 2.41. The zero-order valence-corrected chi connectivity index (χ0v) is 7.51. The Balaban J connectivity index is 2.59. The van der Waals surface area contributed by atoms with Crippen LogP contribution >= 0.6 is 11.6 Å². The minimum Gasteiger partial charge on any atom is -0.292 e. The Kier molecular flexibility index (Phi) is 1.69. The van der Waals surface area contributed by atoms with Crippen LogP contribution in [0.15, 0.2) is 24.3 Å². The number of ketones is 1. The first-order valence-electron chi connectivity index (χ1n) is 3.99. The highest BCUT2D eigenvalue weighted by molar-refractivity contribution is 6.36. The number of rotatable bonds is 0. The van der Waals surface area contributed by atoms with E-state index in [0.29, 0.717) is 0 Å². The molecule has 0 spiro atoms. The summed E-state index contributed by atoms with van der Waals surface area (Å²) in [6.07, 6.45) is 0. The molecule has 0 saturated heterocycles. The Labute approximate surface area is 76.4 Å². The van der Waals surface area contributed by atoms with Gasteiger partial charge in [0.2, 0.25) is 0 Å². The molecule has 0 saturated carbocycles. The number of benzene rings is 1. The van der Waals surface area contributed by atoms with Crippen molar-refractivity contribution < 1.29 is 4.79 Å². The highest BCUT2D eigenvalue weighted by atomic mass is 35.5. The van der Waals surface area contributed by atoms with Crippen molar-refractivity contribution in [3.05, 3.63) is 35.4 Å². The maximum absolute atomic E-state index is 11.5. The van der Waals surface area contributed by atoms with Crippen LogP contribution in [0, 0.1) is 0 Å². The van der Waals surface area contributed by atoms with E-state index in [-0.39, 0.29) is 17.1 Å². The third-order valence-corrected chi connectivity index (χ3v) is 2.98. The summed E-state index contributed by atoms with van der Waals surface area (Å²) in [5.74, 6) is 0.232. The van der Waals surface area contributed by atoms with E-state index in [9.17, 15) is 4.79 Å². The molecule has 0 N–H and O–H groups in total. The van der Waals surface area contributed by atoms with Crippen LogP contribution in [0.25, 0.3) is 0 Å². The second-order valence-electron chi connectivity index (χ2n) is 3.14. The lowest BCUT2D eigenvalue weighted by molar-refractivity contribution is 0.0994. The molecule has 1 aliphatic carbocycles. The Bertz CT molecular complexity index is 332. The smallest absolute Gasteiger partial charge is 0.181 e. The fourth-order valence-corrected chi connectivity index (χ4v) is 1.91. The number of carbonyl (C=O) groups is 1.